The molecule has 28 heavy (non-hydrogen) atoms. The Balaban J connectivity index is 1.53. The molecule has 0 aliphatic carbocycles. The second-order valence-corrected chi connectivity index (χ2v) is 7.73. The molecule has 144 valence electrons. The summed E-state index contributed by atoms with van der Waals surface area (Å²) in [7, 11) is 1.39. The number of para-hydroxylation sites is 2. The summed E-state index contributed by atoms with van der Waals surface area (Å²) in [5, 5.41) is 5.03. The average molecular weight is 396 g/mol. The molecular formula is C20H20N4O3S. The molecule has 1 aliphatic rings. The van der Waals surface area contributed by atoms with Crippen molar-refractivity contribution in [3.63, 3.8) is 0 Å². The zero-order valence-corrected chi connectivity index (χ0v) is 16.2. The molecule has 0 saturated heterocycles. The summed E-state index contributed by atoms with van der Waals surface area (Å²) in [6.45, 7) is 1.54. The molecule has 3 aromatic rings. The van der Waals surface area contributed by atoms with Crippen molar-refractivity contribution in [2.75, 3.05) is 16.8 Å². The van der Waals surface area contributed by atoms with Crippen LogP contribution < -0.4 is 21.5 Å². The van der Waals surface area contributed by atoms with Crippen LogP contribution in [0.25, 0.3) is 0 Å². The second-order valence-electron chi connectivity index (χ2n) is 6.73. The van der Waals surface area contributed by atoms with Crippen molar-refractivity contribution in [1.82, 2.24) is 9.13 Å². The van der Waals surface area contributed by atoms with E-state index in [1.54, 1.807) is 11.3 Å². The van der Waals surface area contributed by atoms with E-state index in [2.05, 4.69) is 21.7 Å². The molecule has 0 fully saturated rings. The van der Waals surface area contributed by atoms with Crippen molar-refractivity contribution >= 4 is 28.6 Å². The molecule has 1 aliphatic heterocycles. The van der Waals surface area contributed by atoms with Gasteiger partial charge in [-0.15, -0.1) is 11.3 Å². The molecule has 0 radical (unpaired) electrons. The first-order chi connectivity index (χ1) is 13.5. The van der Waals surface area contributed by atoms with E-state index in [1.165, 1.54) is 34.3 Å². The number of hydrogen-bond acceptors (Lipinski definition) is 5. The Labute approximate surface area is 165 Å². The first-order valence-corrected chi connectivity index (χ1v) is 9.86. The molecular weight excluding hydrogens is 376 g/mol. The standard InChI is InChI=1S/C20H20N4O3S/c1-22-19(26)7-10-24(20(22)27)13-18(25)21-15-4-2-3-5-16(15)23-9-6-17-14(12-23)8-11-28-17/h2-5,7-8,10-11H,6,9,12-13H2,1H3,(H,21,25). The number of nitrogens with one attached hydrogen (secondary N) is 1. The van der Waals surface area contributed by atoms with Gasteiger partial charge < -0.3 is 10.2 Å². The van der Waals surface area contributed by atoms with Gasteiger partial charge in [-0.3, -0.25) is 18.7 Å². The van der Waals surface area contributed by atoms with Crippen LogP contribution in [-0.4, -0.2) is 21.6 Å². The lowest BCUT2D eigenvalue weighted by molar-refractivity contribution is -0.116. The van der Waals surface area contributed by atoms with E-state index in [0.29, 0.717) is 5.69 Å². The molecule has 0 unspecified atom stereocenters. The van der Waals surface area contributed by atoms with E-state index in [4.69, 9.17) is 0 Å². The fourth-order valence-electron chi connectivity index (χ4n) is 3.39. The van der Waals surface area contributed by atoms with Gasteiger partial charge in [0.25, 0.3) is 5.56 Å². The predicted molar refractivity (Wildman–Crippen MR) is 110 cm³/mol. The highest BCUT2D eigenvalue weighted by Gasteiger charge is 2.20. The Hall–Kier alpha value is -3.13. The van der Waals surface area contributed by atoms with Crippen molar-refractivity contribution in [3.8, 4) is 0 Å². The predicted octanol–water partition coefficient (Wildman–Crippen LogP) is 1.81. The minimum atomic E-state index is -0.517. The second kappa shape index (κ2) is 7.47. The number of aromatic nitrogens is 2. The summed E-state index contributed by atoms with van der Waals surface area (Å²) in [5.74, 6) is -0.318. The largest absolute Gasteiger partial charge is 0.365 e. The molecule has 1 aromatic carbocycles. The van der Waals surface area contributed by atoms with Crippen molar-refractivity contribution in [3.05, 3.63) is 79.3 Å². The first-order valence-electron chi connectivity index (χ1n) is 8.98. The molecule has 2 aromatic heterocycles. The lowest BCUT2D eigenvalue weighted by atomic mass is 10.1. The fourth-order valence-corrected chi connectivity index (χ4v) is 4.28. The summed E-state index contributed by atoms with van der Waals surface area (Å²) < 4.78 is 2.20. The third kappa shape index (κ3) is 3.50. The van der Waals surface area contributed by atoms with Gasteiger partial charge in [-0.2, -0.15) is 0 Å². The molecule has 3 heterocycles. The minimum Gasteiger partial charge on any atom is -0.365 e. The van der Waals surface area contributed by atoms with Crippen LogP contribution in [-0.2, 0) is 31.4 Å². The number of anilines is 2. The minimum absolute atomic E-state index is 0.157. The van der Waals surface area contributed by atoms with Crippen LogP contribution in [0.15, 0.2) is 57.6 Å². The van der Waals surface area contributed by atoms with E-state index >= 15 is 0 Å². The van der Waals surface area contributed by atoms with Gasteiger partial charge in [0.2, 0.25) is 5.91 Å². The van der Waals surface area contributed by atoms with Crippen LogP contribution in [0.4, 0.5) is 11.4 Å². The van der Waals surface area contributed by atoms with Gasteiger partial charge >= 0.3 is 5.69 Å². The summed E-state index contributed by atoms with van der Waals surface area (Å²) >= 11 is 1.79. The smallest absolute Gasteiger partial charge is 0.331 e. The van der Waals surface area contributed by atoms with Crippen LogP contribution >= 0.6 is 11.3 Å². The van der Waals surface area contributed by atoms with Crippen LogP contribution in [0, 0.1) is 0 Å². The van der Waals surface area contributed by atoms with Gasteiger partial charge in [0.1, 0.15) is 6.54 Å². The highest BCUT2D eigenvalue weighted by atomic mass is 32.1. The normalized spacial score (nSPS) is 13.2. The summed E-state index contributed by atoms with van der Waals surface area (Å²) in [6, 6.07) is 11.1. The summed E-state index contributed by atoms with van der Waals surface area (Å²) in [5.41, 5.74) is 2.08. The maximum absolute atomic E-state index is 12.5. The average Bonchev–Trinajstić information content (AvgIpc) is 3.17. The number of fused-ring (bicyclic) bond motifs is 1. The van der Waals surface area contributed by atoms with Gasteiger partial charge in [0.05, 0.1) is 11.4 Å². The summed E-state index contributed by atoms with van der Waals surface area (Å²) in [4.78, 5) is 39.8. The van der Waals surface area contributed by atoms with Gasteiger partial charge in [-0.05, 0) is 35.6 Å². The van der Waals surface area contributed by atoms with Gasteiger partial charge in [0, 0.05) is 37.3 Å². The van der Waals surface area contributed by atoms with Gasteiger partial charge in [-0.1, -0.05) is 12.1 Å². The number of rotatable bonds is 4. The van der Waals surface area contributed by atoms with Crippen LogP contribution in [0.3, 0.4) is 0 Å². The zero-order chi connectivity index (χ0) is 19.7. The number of carbonyl (C=O) groups is 1. The number of nitrogens with zero attached hydrogens (tertiary/aromatic N) is 3. The van der Waals surface area contributed by atoms with E-state index in [9.17, 15) is 14.4 Å². The van der Waals surface area contributed by atoms with E-state index in [0.717, 1.165) is 29.8 Å². The maximum atomic E-state index is 12.5. The van der Waals surface area contributed by atoms with Crippen LogP contribution in [0.1, 0.15) is 10.4 Å². The van der Waals surface area contributed by atoms with E-state index in [1.807, 2.05) is 24.3 Å². The Morgan fingerprint density at radius 1 is 1.18 bits per heavy atom. The molecule has 1 amide bonds. The van der Waals surface area contributed by atoms with E-state index in [-0.39, 0.29) is 12.5 Å². The fraction of sp³-hybridized carbons (Fsp3) is 0.250. The monoisotopic (exact) mass is 396 g/mol. The van der Waals surface area contributed by atoms with Crippen LogP contribution in [0.2, 0.25) is 0 Å². The van der Waals surface area contributed by atoms with Gasteiger partial charge in [0.15, 0.2) is 0 Å². The van der Waals surface area contributed by atoms with Crippen molar-refractivity contribution in [2.45, 2.75) is 19.5 Å². The molecule has 4 rings (SSSR count). The Bertz CT molecular complexity index is 1140. The molecule has 0 spiro atoms. The number of thiophene rings is 1. The molecule has 8 heteroatoms. The lowest BCUT2D eigenvalue weighted by Crippen LogP contribution is -2.39. The number of hydrogen-bond donors (Lipinski definition) is 1. The summed E-state index contributed by atoms with van der Waals surface area (Å²) in [6.07, 6.45) is 2.33. The third-order valence-corrected chi connectivity index (χ3v) is 5.92. The molecule has 7 nitrogen and oxygen atoms in total. The van der Waals surface area contributed by atoms with Crippen LogP contribution in [0.5, 0.6) is 0 Å². The van der Waals surface area contributed by atoms with Gasteiger partial charge in [-0.25, -0.2) is 4.79 Å². The van der Waals surface area contributed by atoms with Crippen molar-refractivity contribution < 1.29 is 4.79 Å². The molecule has 0 bridgehead atoms. The van der Waals surface area contributed by atoms with E-state index < -0.39 is 11.2 Å². The molecule has 1 N–H and O–H groups in total. The Morgan fingerprint density at radius 2 is 2.00 bits per heavy atom. The van der Waals surface area contributed by atoms with Crippen molar-refractivity contribution in [2.24, 2.45) is 7.05 Å². The molecule has 0 atom stereocenters. The number of amides is 1. The first kappa shape index (κ1) is 18.2. The Kier molecular flexibility index (Phi) is 4.87. The quantitative estimate of drug-likeness (QED) is 0.730. The maximum Gasteiger partial charge on any atom is 0.331 e. The topological polar surface area (TPSA) is 76.3 Å². The number of carbonyl (C=O) groups excluding carboxylic acids is 1. The molecule has 0 saturated carbocycles. The third-order valence-electron chi connectivity index (χ3n) is 4.90. The highest BCUT2D eigenvalue weighted by Crippen LogP contribution is 2.32. The zero-order valence-electron chi connectivity index (χ0n) is 15.4. The SMILES string of the molecule is Cn1c(=O)ccn(CC(=O)Nc2ccccc2N2CCc3sccc3C2)c1=O. The number of benzene rings is 1. The highest BCUT2D eigenvalue weighted by molar-refractivity contribution is 7.10. The van der Waals surface area contributed by atoms with Crippen molar-refractivity contribution in [1.29, 1.82) is 0 Å². The Morgan fingerprint density at radius 3 is 2.86 bits per heavy atom. The lowest BCUT2D eigenvalue weighted by Gasteiger charge is -2.30.